The molecule has 2 aromatic carbocycles. The Morgan fingerprint density at radius 1 is 1.17 bits per heavy atom. The van der Waals surface area contributed by atoms with Gasteiger partial charge in [-0.15, -0.1) is 0 Å². The van der Waals surface area contributed by atoms with Gasteiger partial charge in [0.1, 0.15) is 5.52 Å². The second-order valence-corrected chi connectivity index (χ2v) is 6.68. The smallest absolute Gasteiger partial charge is 0.228 e. The summed E-state index contributed by atoms with van der Waals surface area (Å²) >= 11 is 6.50. The van der Waals surface area contributed by atoms with Crippen LogP contribution in [0.1, 0.15) is 18.4 Å². The van der Waals surface area contributed by atoms with Crippen LogP contribution >= 0.6 is 11.6 Å². The molecule has 2 N–H and O–H groups in total. The number of rotatable bonds is 3. The van der Waals surface area contributed by atoms with E-state index in [9.17, 15) is 0 Å². The Labute approximate surface area is 145 Å². The van der Waals surface area contributed by atoms with E-state index in [0.717, 1.165) is 60.4 Å². The van der Waals surface area contributed by atoms with Gasteiger partial charge in [-0.1, -0.05) is 23.7 Å². The Morgan fingerprint density at radius 2 is 1.96 bits per heavy atom. The lowest BCUT2D eigenvalue weighted by atomic mass is 9.91. The molecule has 1 fully saturated rings. The van der Waals surface area contributed by atoms with E-state index >= 15 is 0 Å². The third-order valence-corrected chi connectivity index (χ3v) is 4.92. The summed E-state index contributed by atoms with van der Waals surface area (Å²) < 4.78 is 11.2. The lowest BCUT2D eigenvalue weighted by molar-refractivity contribution is 0.0666. The van der Waals surface area contributed by atoms with E-state index in [2.05, 4.69) is 4.98 Å². The van der Waals surface area contributed by atoms with Crippen LogP contribution in [0.15, 0.2) is 40.8 Å². The number of anilines is 1. The summed E-state index contributed by atoms with van der Waals surface area (Å²) in [5.74, 6) is 1.11. The summed E-state index contributed by atoms with van der Waals surface area (Å²) in [6.07, 6.45) is 3.08. The molecule has 0 atom stereocenters. The van der Waals surface area contributed by atoms with Gasteiger partial charge in [0.2, 0.25) is 5.89 Å². The van der Waals surface area contributed by atoms with Crippen molar-refractivity contribution in [3.05, 3.63) is 47.0 Å². The third-order valence-electron chi connectivity index (χ3n) is 4.60. The zero-order valence-corrected chi connectivity index (χ0v) is 14.1. The van der Waals surface area contributed by atoms with Gasteiger partial charge in [-0.2, -0.15) is 0 Å². The van der Waals surface area contributed by atoms with Gasteiger partial charge in [-0.05, 0) is 55.0 Å². The maximum Gasteiger partial charge on any atom is 0.228 e. The monoisotopic (exact) mass is 342 g/mol. The maximum atomic E-state index is 6.50. The van der Waals surface area contributed by atoms with Crippen LogP contribution in [0.4, 0.5) is 5.69 Å². The summed E-state index contributed by atoms with van der Waals surface area (Å²) in [6, 6.07) is 11.5. The molecule has 4 rings (SSSR count). The third kappa shape index (κ3) is 2.99. The molecule has 0 unspecified atom stereocenters. The minimum absolute atomic E-state index is 0.505. The van der Waals surface area contributed by atoms with E-state index in [0.29, 0.717) is 16.8 Å². The molecular weight excluding hydrogens is 324 g/mol. The van der Waals surface area contributed by atoms with E-state index in [1.165, 1.54) is 0 Å². The fourth-order valence-corrected chi connectivity index (χ4v) is 3.49. The molecule has 24 heavy (non-hydrogen) atoms. The van der Waals surface area contributed by atoms with Crippen molar-refractivity contribution in [2.45, 2.75) is 19.3 Å². The number of ether oxygens (including phenoxy) is 1. The van der Waals surface area contributed by atoms with E-state index in [1.54, 1.807) is 0 Å². The molecule has 1 aliphatic heterocycles. The number of aromatic nitrogens is 1. The summed E-state index contributed by atoms with van der Waals surface area (Å²) in [5, 5.41) is 0.623. The number of hydrogen-bond acceptors (Lipinski definition) is 4. The van der Waals surface area contributed by atoms with E-state index in [1.807, 2.05) is 36.4 Å². The Bertz CT molecular complexity index is 836. The highest BCUT2D eigenvalue weighted by molar-refractivity contribution is 6.33. The molecule has 0 aliphatic carbocycles. The van der Waals surface area contributed by atoms with Gasteiger partial charge in [0.15, 0.2) is 5.58 Å². The Kier molecular flexibility index (Phi) is 4.17. The van der Waals surface area contributed by atoms with E-state index in [-0.39, 0.29) is 0 Å². The first-order valence-corrected chi connectivity index (χ1v) is 8.60. The number of nitrogens with zero attached hydrogens (tertiary/aromatic N) is 1. The highest BCUT2D eigenvalue weighted by Gasteiger charge is 2.18. The topological polar surface area (TPSA) is 61.3 Å². The molecule has 0 saturated carbocycles. The summed E-state index contributed by atoms with van der Waals surface area (Å²) in [5.41, 5.74) is 10.4. The number of halogens is 1. The van der Waals surface area contributed by atoms with Crippen molar-refractivity contribution in [3.8, 4) is 11.5 Å². The van der Waals surface area contributed by atoms with Crippen molar-refractivity contribution in [1.29, 1.82) is 0 Å². The largest absolute Gasteiger partial charge is 0.436 e. The molecule has 5 heteroatoms. The molecule has 0 amide bonds. The number of nitrogen functional groups attached to an aromatic ring is 1. The summed E-state index contributed by atoms with van der Waals surface area (Å²) in [6.45, 7) is 1.67. The Morgan fingerprint density at radius 3 is 2.75 bits per heavy atom. The van der Waals surface area contributed by atoms with E-state index in [4.69, 9.17) is 26.5 Å². The zero-order chi connectivity index (χ0) is 16.5. The number of nitrogens with two attached hydrogens (primary N) is 1. The predicted molar refractivity (Wildman–Crippen MR) is 96.1 cm³/mol. The Balaban J connectivity index is 1.66. The molecule has 0 spiro atoms. The van der Waals surface area contributed by atoms with Crippen LogP contribution in [0.2, 0.25) is 5.02 Å². The van der Waals surface area contributed by atoms with Crippen LogP contribution in [0.25, 0.3) is 22.6 Å². The quantitative estimate of drug-likeness (QED) is 0.701. The molecule has 124 valence electrons. The van der Waals surface area contributed by atoms with Crippen molar-refractivity contribution in [2.75, 3.05) is 18.9 Å². The molecule has 0 bridgehead atoms. The lowest BCUT2D eigenvalue weighted by Crippen LogP contribution is -2.18. The predicted octanol–water partition coefficient (Wildman–Crippen LogP) is 4.70. The van der Waals surface area contributed by atoms with Crippen LogP contribution < -0.4 is 5.73 Å². The van der Waals surface area contributed by atoms with Gasteiger partial charge >= 0.3 is 0 Å². The number of oxazole rings is 1. The summed E-state index contributed by atoms with van der Waals surface area (Å²) in [7, 11) is 0. The van der Waals surface area contributed by atoms with Gasteiger partial charge in [0.05, 0.1) is 10.6 Å². The molecule has 4 nitrogen and oxygen atoms in total. The van der Waals surface area contributed by atoms with Gasteiger partial charge in [0, 0.05) is 18.9 Å². The van der Waals surface area contributed by atoms with Crippen molar-refractivity contribution in [2.24, 2.45) is 5.92 Å². The van der Waals surface area contributed by atoms with Crippen molar-refractivity contribution >= 4 is 28.4 Å². The van der Waals surface area contributed by atoms with Gasteiger partial charge in [-0.3, -0.25) is 0 Å². The van der Waals surface area contributed by atoms with Crippen LogP contribution in [0.3, 0.4) is 0 Å². The van der Waals surface area contributed by atoms with Crippen LogP contribution in [0.5, 0.6) is 0 Å². The first kappa shape index (κ1) is 15.5. The summed E-state index contributed by atoms with van der Waals surface area (Å²) in [4.78, 5) is 4.51. The van der Waals surface area contributed by atoms with Gasteiger partial charge in [-0.25, -0.2) is 4.98 Å². The fourth-order valence-electron chi connectivity index (χ4n) is 3.22. The van der Waals surface area contributed by atoms with Crippen molar-refractivity contribution in [3.63, 3.8) is 0 Å². The molecule has 3 aromatic rings. The van der Waals surface area contributed by atoms with Crippen molar-refractivity contribution < 1.29 is 9.15 Å². The van der Waals surface area contributed by atoms with E-state index < -0.39 is 0 Å². The van der Waals surface area contributed by atoms with Crippen LogP contribution in [-0.4, -0.2) is 18.2 Å². The first-order chi connectivity index (χ1) is 11.7. The molecule has 0 radical (unpaired) electrons. The minimum atomic E-state index is 0.505. The number of para-hydroxylation sites is 2. The van der Waals surface area contributed by atoms with Gasteiger partial charge < -0.3 is 14.9 Å². The number of hydrogen-bond donors (Lipinski definition) is 1. The Hall–Kier alpha value is -2.04. The van der Waals surface area contributed by atoms with Crippen LogP contribution in [-0.2, 0) is 11.2 Å². The SMILES string of the molecule is Nc1cc(-c2nc3ccccc3o2)c(Cl)cc1CC1CCOCC1. The zero-order valence-electron chi connectivity index (χ0n) is 13.3. The van der Waals surface area contributed by atoms with Crippen molar-refractivity contribution in [1.82, 2.24) is 4.98 Å². The highest BCUT2D eigenvalue weighted by atomic mass is 35.5. The number of fused-ring (bicyclic) bond motifs is 1. The fraction of sp³-hybridized carbons (Fsp3) is 0.316. The molecule has 1 aromatic heterocycles. The standard InChI is InChI=1S/C19H19ClN2O2/c20-15-10-13(9-12-5-7-23-8-6-12)16(21)11-14(15)19-22-17-3-1-2-4-18(17)24-19/h1-4,10-12H,5-9,21H2. The highest BCUT2D eigenvalue weighted by Crippen LogP contribution is 2.35. The maximum absolute atomic E-state index is 6.50. The average molecular weight is 343 g/mol. The molecule has 2 heterocycles. The second kappa shape index (κ2) is 6.46. The number of benzene rings is 2. The molecular formula is C19H19ClN2O2. The lowest BCUT2D eigenvalue weighted by Gasteiger charge is -2.22. The van der Waals surface area contributed by atoms with Crippen LogP contribution in [0, 0.1) is 5.92 Å². The minimum Gasteiger partial charge on any atom is -0.436 e. The average Bonchev–Trinajstić information content (AvgIpc) is 3.02. The normalized spacial score (nSPS) is 15.9. The molecule has 1 aliphatic rings. The molecule has 1 saturated heterocycles. The second-order valence-electron chi connectivity index (χ2n) is 6.28. The first-order valence-electron chi connectivity index (χ1n) is 8.22. The van der Waals surface area contributed by atoms with Gasteiger partial charge in [0.25, 0.3) is 0 Å².